The Morgan fingerprint density at radius 1 is 1.17 bits per heavy atom. The molecule has 0 saturated heterocycles. The molecule has 8 heteroatoms. The third-order valence-corrected chi connectivity index (χ3v) is 5.02. The van der Waals surface area contributed by atoms with Crippen LogP contribution in [0.2, 0.25) is 0 Å². The van der Waals surface area contributed by atoms with E-state index in [-0.39, 0.29) is 11.7 Å². The first kappa shape index (κ1) is 16.8. The Labute approximate surface area is 143 Å². The first-order chi connectivity index (χ1) is 11.4. The van der Waals surface area contributed by atoms with Crippen LogP contribution in [0.5, 0.6) is 0 Å². The molecule has 3 nitrogen and oxygen atoms in total. The molecule has 0 unspecified atom stereocenters. The van der Waals surface area contributed by atoms with Gasteiger partial charge in [0.2, 0.25) is 5.91 Å². The number of nitrogens with one attached hydrogen (secondary N) is 1. The van der Waals surface area contributed by atoms with Crippen molar-refractivity contribution in [3.8, 4) is 0 Å². The molecule has 0 bridgehead atoms. The number of aromatic nitrogens is 1. The molecule has 0 aliphatic carbocycles. The van der Waals surface area contributed by atoms with Crippen molar-refractivity contribution in [1.29, 1.82) is 0 Å². The second-order valence-electron chi connectivity index (χ2n) is 4.85. The van der Waals surface area contributed by atoms with Crippen LogP contribution in [0.15, 0.2) is 53.4 Å². The number of rotatable bonds is 4. The minimum absolute atomic E-state index is 0.0111. The number of para-hydroxylation sites is 1. The Balaban J connectivity index is 1.61. The summed E-state index contributed by atoms with van der Waals surface area (Å²) in [6.07, 6.45) is -4.39. The van der Waals surface area contributed by atoms with Crippen LogP contribution in [0.3, 0.4) is 0 Å². The Hall–Kier alpha value is -2.06. The number of thioether (sulfide) groups is 1. The van der Waals surface area contributed by atoms with Crippen LogP contribution in [-0.4, -0.2) is 16.6 Å². The van der Waals surface area contributed by atoms with Crippen molar-refractivity contribution in [1.82, 2.24) is 4.98 Å². The highest BCUT2D eigenvalue weighted by molar-refractivity contribution is 8.00. The van der Waals surface area contributed by atoms with Crippen molar-refractivity contribution in [2.24, 2.45) is 0 Å². The predicted octanol–water partition coefficient (Wildman–Crippen LogP) is 5.05. The smallest absolute Gasteiger partial charge is 0.301 e. The SMILES string of the molecule is O=C(CSc1cccc(C(F)(F)F)c1)Nc1nc2ccccc2s1. The number of benzene rings is 2. The number of hydrogen-bond donors (Lipinski definition) is 1. The molecule has 0 fully saturated rings. The van der Waals surface area contributed by atoms with Crippen LogP contribution in [-0.2, 0) is 11.0 Å². The minimum Gasteiger partial charge on any atom is -0.301 e. The predicted molar refractivity (Wildman–Crippen MR) is 90.4 cm³/mol. The molecule has 0 aliphatic rings. The van der Waals surface area contributed by atoms with Gasteiger partial charge in [0.05, 0.1) is 21.5 Å². The quantitative estimate of drug-likeness (QED) is 0.656. The molecule has 2 aromatic carbocycles. The summed E-state index contributed by atoms with van der Waals surface area (Å²) < 4.78 is 38.9. The maximum Gasteiger partial charge on any atom is 0.416 e. The van der Waals surface area contributed by atoms with E-state index in [2.05, 4.69) is 10.3 Å². The highest BCUT2D eigenvalue weighted by Gasteiger charge is 2.30. The molecule has 0 spiro atoms. The highest BCUT2D eigenvalue weighted by Crippen LogP contribution is 2.32. The third kappa shape index (κ3) is 4.07. The Bertz CT molecular complexity index is 844. The standard InChI is InChI=1S/C16H11F3N2OS2/c17-16(18,19)10-4-3-5-11(8-10)23-9-14(22)21-15-20-12-6-1-2-7-13(12)24-15/h1-8H,9H2,(H,20,21,22). The molecule has 0 aliphatic heterocycles. The summed E-state index contributed by atoms with van der Waals surface area (Å²) in [5.74, 6) is -0.298. The van der Waals surface area contributed by atoms with E-state index in [1.807, 2.05) is 24.3 Å². The molecular weight excluding hydrogens is 357 g/mol. The number of nitrogens with zero attached hydrogens (tertiary/aromatic N) is 1. The van der Waals surface area contributed by atoms with Gasteiger partial charge in [-0.05, 0) is 30.3 Å². The lowest BCUT2D eigenvalue weighted by Gasteiger charge is -2.08. The van der Waals surface area contributed by atoms with Crippen molar-refractivity contribution in [3.63, 3.8) is 0 Å². The monoisotopic (exact) mass is 368 g/mol. The number of hydrogen-bond acceptors (Lipinski definition) is 4. The van der Waals surface area contributed by atoms with Crippen LogP contribution >= 0.6 is 23.1 Å². The van der Waals surface area contributed by atoms with Gasteiger partial charge in [0.25, 0.3) is 0 Å². The molecule has 0 saturated carbocycles. The molecule has 0 atom stereocenters. The topological polar surface area (TPSA) is 42.0 Å². The fourth-order valence-corrected chi connectivity index (χ4v) is 3.63. The second-order valence-corrected chi connectivity index (χ2v) is 6.93. The van der Waals surface area contributed by atoms with Gasteiger partial charge in [-0.1, -0.05) is 29.5 Å². The third-order valence-electron chi connectivity index (χ3n) is 3.07. The van der Waals surface area contributed by atoms with Crippen molar-refractivity contribution < 1.29 is 18.0 Å². The van der Waals surface area contributed by atoms with Crippen molar-refractivity contribution in [2.75, 3.05) is 11.1 Å². The molecule has 3 aromatic rings. The number of halogens is 3. The summed E-state index contributed by atoms with van der Waals surface area (Å²) in [5, 5.41) is 3.15. The van der Waals surface area contributed by atoms with E-state index >= 15 is 0 Å². The number of anilines is 1. The van der Waals surface area contributed by atoms with Gasteiger partial charge in [-0.25, -0.2) is 4.98 Å². The van der Waals surface area contributed by atoms with Crippen LogP contribution < -0.4 is 5.32 Å². The normalized spacial score (nSPS) is 11.6. The van der Waals surface area contributed by atoms with Crippen LogP contribution in [0, 0.1) is 0 Å². The van der Waals surface area contributed by atoms with E-state index < -0.39 is 11.7 Å². The Kier molecular flexibility index (Phi) is 4.77. The van der Waals surface area contributed by atoms with Crippen molar-refractivity contribution >= 4 is 44.4 Å². The second kappa shape index (κ2) is 6.82. The number of carbonyl (C=O) groups is 1. The largest absolute Gasteiger partial charge is 0.416 e. The molecular formula is C16H11F3N2OS2. The number of fused-ring (bicyclic) bond motifs is 1. The molecule has 3 rings (SSSR count). The zero-order chi connectivity index (χ0) is 17.2. The highest BCUT2D eigenvalue weighted by atomic mass is 32.2. The summed E-state index contributed by atoms with van der Waals surface area (Å²) in [7, 11) is 0. The van der Waals surface area contributed by atoms with Crippen LogP contribution in [0.1, 0.15) is 5.56 Å². The number of alkyl halides is 3. The molecule has 124 valence electrons. The molecule has 0 radical (unpaired) electrons. The van der Waals surface area contributed by atoms with Crippen LogP contribution in [0.4, 0.5) is 18.3 Å². The van der Waals surface area contributed by atoms with Gasteiger partial charge >= 0.3 is 6.18 Å². The van der Waals surface area contributed by atoms with Gasteiger partial charge < -0.3 is 5.32 Å². The maximum absolute atomic E-state index is 12.7. The van der Waals surface area contributed by atoms with E-state index in [1.165, 1.54) is 17.4 Å². The van der Waals surface area contributed by atoms with Crippen molar-refractivity contribution in [3.05, 3.63) is 54.1 Å². The number of thiazole rings is 1. The lowest BCUT2D eigenvalue weighted by Crippen LogP contribution is -2.13. The minimum atomic E-state index is -4.39. The lowest BCUT2D eigenvalue weighted by molar-refractivity contribution is -0.137. The first-order valence-corrected chi connectivity index (χ1v) is 8.67. The van der Waals surface area contributed by atoms with E-state index in [9.17, 15) is 18.0 Å². The zero-order valence-electron chi connectivity index (χ0n) is 12.1. The van der Waals surface area contributed by atoms with Gasteiger partial charge in [0.1, 0.15) is 0 Å². The summed E-state index contributed by atoms with van der Waals surface area (Å²) in [6.45, 7) is 0. The van der Waals surface area contributed by atoms with Crippen molar-refractivity contribution in [2.45, 2.75) is 11.1 Å². The summed E-state index contributed by atoms with van der Waals surface area (Å²) in [4.78, 5) is 16.6. The fraction of sp³-hybridized carbons (Fsp3) is 0.125. The molecule has 1 heterocycles. The lowest BCUT2D eigenvalue weighted by atomic mass is 10.2. The average Bonchev–Trinajstić information content (AvgIpc) is 2.94. The summed E-state index contributed by atoms with van der Waals surface area (Å²) in [6, 6.07) is 12.4. The van der Waals surface area contributed by atoms with E-state index in [1.54, 1.807) is 6.07 Å². The van der Waals surface area contributed by atoms with Gasteiger partial charge in [-0.2, -0.15) is 13.2 Å². The van der Waals surface area contributed by atoms with Gasteiger partial charge in [0, 0.05) is 4.90 Å². The average molecular weight is 368 g/mol. The van der Waals surface area contributed by atoms with Gasteiger partial charge in [-0.3, -0.25) is 4.79 Å². The fourth-order valence-electron chi connectivity index (χ4n) is 1.99. The zero-order valence-corrected chi connectivity index (χ0v) is 13.8. The summed E-state index contributed by atoms with van der Waals surface area (Å²) in [5.41, 5.74) is 0.0717. The van der Waals surface area contributed by atoms with E-state index in [4.69, 9.17) is 0 Å². The Morgan fingerprint density at radius 2 is 1.96 bits per heavy atom. The van der Waals surface area contributed by atoms with Gasteiger partial charge in [0.15, 0.2) is 5.13 Å². The van der Waals surface area contributed by atoms with E-state index in [0.717, 1.165) is 34.1 Å². The maximum atomic E-state index is 12.7. The van der Waals surface area contributed by atoms with E-state index in [0.29, 0.717) is 10.0 Å². The number of carbonyl (C=O) groups excluding carboxylic acids is 1. The Morgan fingerprint density at radius 3 is 2.71 bits per heavy atom. The molecule has 1 aromatic heterocycles. The molecule has 1 N–H and O–H groups in total. The number of amides is 1. The summed E-state index contributed by atoms with van der Waals surface area (Å²) >= 11 is 2.40. The van der Waals surface area contributed by atoms with Gasteiger partial charge in [-0.15, -0.1) is 11.8 Å². The first-order valence-electron chi connectivity index (χ1n) is 6.87. The molecule has 1 amide bonds. The molecule has 24 heavy (non-hydrogen) atoms. The van der Waals surface area contributed by atoms with Crippen LogP contribution in [0.25, 0.3) is 10.2 Å².